The van der Waals surface area contributed by atoms with Gasteiger partial charge in [0.1, 0.15) is 0 Å². The number of hydrogen-bond acceptors (Lipinski definition) is 3. The Hall–Kier alpha value is -1.58. The number of pyridine rings is 1. The molecule has 0 N–H and O–H groups in total. The third kappa shape index (κ3) is 3.06. The molecule has 1 nitrogen and oxygen atoms in total. The molecular weight excluding hydrogens is 270 g/mol. The van der Waals surface area contributed by atoms with Gasteiger partial charge >= 0.3 is 0 Å². The lowest BCUT2D eigenvalue weighted by atomic mass is 10.2. The van der Waals surface area contributed by atoms with E-state index in [1.54, 1.807) is 11.3 Å². The fourth-order valence-corrected chi connectivity index (χ4v) is 3.94. The monoisotopic (exact) mass is 283 g/mol. The van der Waals surface area contributed by atoms with E-state index in [2.05, 4.69) is 52.8 Å². The zero-order valence-electron chi connectivity index (χ0n) is 10.3. The number of rotatable bonds is 4. The van der Waals surface area contributed by atoms with Gasteiger partial charge in [0, 0.05) is 21.7 Å². The van der Waals surface area contributed by atoms with E-state index in [1.807, 2.05) is 30.1 Å². The van der Waals surface area contributed by atoms with Gasteiger partial charge < -0.3 is 0 Å². The largest absolute Gasteiger partial charge is 0.260 e. The Labute approximate surface area is 121 Å². The van der Waals surface area contributed by atoms with Crippen molar-refractivity contribution in [2.75, 3.05) is 0 Å². The molecule has 0 aliphatic heterocycles. The molecule has 0 spiro atoms. The molecule has 0 aliphatic carbocycles. The van der Waals surface area contributed by atoms with Crippen molar-refractivity contribution in [2.45, 2.75) is 10.6 Å². The second-order valence-corrected chi connectivity index (χ2v) is 6.02. The van der Waals surface area contributed by atoms with Gasteiger partial charge in [-0.1, -0.05) is 36.4 Å². The van der Waals surface area contributed by atoms with E-state index in [-0.39, 0.29) is 0 Å². The van der Waals surface area contributed by atoms with Crippen LogP contribution in [0.1, 0.15) is 5.69 Å². The molecule has 19 heavy (non-hydrogen) atoms. The Balaban J connectivity index is 1.78. The summed E-state index contributed by atoms with van der Waals surface area (Å²) in [6.45, 7) is 0. The van der Waals surface area contributed by atoms with Gasteiger partial charge in [-0.2, -0.15) is 0 Å². The van der Waals surface area contributed by atoms with Crippen molar-refractivity contribution in [1.82, 2.24) is 4.98 Å². The van der Waals surface area contributed by atoms with E-state index in [0.29, 0.717) is 0 Å². The summed E-state index contributed by atoms with van der Waals surface area (Å²) in [6.07, 6.45) is 1.85. The highest BCUT2D eigenvalue weighted by Gasteiger charge is 2.07. The lowest BCUT2D eigenvalue weighted by Gasteiger charge is -2.03. The molecular formula is C16H13NS2. The average molecular weight is 283 g/mol. The first kappa shape index (κ1) is 12.5. The molecule has 0 unspecified atom stereocenters. The predicted octanol–water partition coefficient (Wildman–Crippen LogP) is 5.10. The number of aromatic nitrogens is 1. The Kier molecular flexibility index (Phi) is 3.96. The van der Waals surface area contributed by atoms with Gasteiger partial charge in [-0.15, -0.1) is 23.1 Å². The zero-order chi connectivity index (χ0) is 12.9. The molecule has 2 heterocycles. The Morgan fingerprint density at radius 1 is 0.947 bits per heavy atom. The lowest BCUT2D eigenvalue weighted by molar-refractivity contribution is 1.17. The molecule has 1 aromatic carbocycles. The summed E-state index contributed by atoms with van der Waals surface area (Å²) in [4.78, 5) is 7.05. The third-order valence-corrected chi connectivity index (χ3v) is 4.95. The van der Waals surface area contributed by atoms with Crippen LogP contribution < -0.4 is 0 Å². The van der Waals surface area contributed by atoms with Crippen LogP contribution in [0.2, 0.25) is 0 Å². The molecule has 94 valence electrons. The summed E-state index contributed by atoms with van der Waals surface area (Å²) >= 11 is 3.65. The van der Waals surface area contributed by atoms with E-state index in [1.165, 1.54) is 15.3 Å². The van der Waals surface area contributed by atoms with Crippen molar-refractivity contribution in [3.05, 3.63) is 71.9 Å². The standard InChI is InChI=1S/C16H13NS2/c1-2-6-13(7-3-1)16-15(9-11-18-16)19-12-14-8-4-5-10-17-14/h1-11H,12H2. The second-order valence-electron chi connectivity index (χ2n) is 4.09. The van der Waals surface area contributed by atoms with Crippen LogP contribution in [0.25, 0.3) is 10.4 Å². The molecule has 3 rings (SSSR count). The van der Waals surface area contributed by atoms with Gasteiger partial charge in [0.15, 0.2) is 0 Å². The minimum atomic E-state index is 0.914. The first-order chi connectivity index (χ1) is 9.43. The first-order valence-corrected chi connectivity index (χ1v) is 7.95. The summed E-state index contributed by atoms with van der Waals surface area (Å²) in [5.41, 5.74) is 2.42. The van der Waals surface area contributed by atoms with Gasteiger partial charge in [0.25, 0.3) is 0 Å². The maximum Gasteiger partial charge on any atom is 0.0506 e. The molecule has 0 aliphatic rings. The van der Waals surface area contributed by atoms with Crippen molar-refractivity contribution in [3.8, 4) is 10.4 Å². The molecule has 0 saturated carbocycles. The van der Waals surface area contributed by atoms with Crippen molar-refractivity contribution in [1.29, 1.82) is 0 Å². The number of thiophene rings is 1. The summed E-state index contributed by atoms with van der Waals surface area (Å²) in [6, 6.07) is 18.8. The number of thioether (sulfide) groups is 1. The minimum absolute atomic E-state index is 0.914. The van der Waals surface area contributed by atoms with Crippen molar-refractivity contribution < 1.29 is 0 Å². The topological polar surface area (TPSA) is 12.9 Å². The lowest BCUT2D eigenvalue weighted by Crippen LogP contribution is -1.84. The summed E-state index contributed by atoms with van der Waals surface area (Å²) in [5, 5.41) is 2.16. The fourth-order valence-electron chi connectivity index (χ4n) is 1.85. The summed E-state index contributed by atoms with van der Waals surface area (Å²) in [5.74, 6) is 0.914. The normalized spacial score (nSPS) is 10.5. The van der Waals surface area contributed by atoms with Crippen LogP contribution in [-0.2, 0) is 5.75 Å². The van der Waals surface area contributed by atoms with Crippen LogP contribution in [0, 0.1) is 0 Å². The Bertz CT molecular complexity index is 632. The molecule has 3 heteroatoms. The second kappa shape index (κ2) is 6.04. The number of hydrogen-bond donors (Lipinski definition) is 0. The fraction of sp³-hybridized carbons (Fsp3) is 0.0625. The summed E-state index contributed by atoms with van der Waals surface area (Å²) < 4.78 is 0. The van der Waals surface area contributed by atoms with Crippen LogP contribution in [0.5, 0.6) is 0 Å². The SMILES string of the molecule is c1ccc(-c2sccc2SCc2ccccn2)cc1. The van der Waals surface area contributed by atoms with E-state index in [9.17, 15) is 0 Å². The molecule has 0 saturated heterocycles. The molecule has 0 atom stereocenters. The van der Waals surface area contributed by atoms with Crippen LogP contribution in [0.3, 0.4) is 0 Å². The smallest absolute Gasteiger partial charge is 0.0506 e. The molecule has 0 bridgehead atoms. The van der Waals surface area contributed by atoms with Crippen LogP contribution >= 0.6 is 23.1 Å². The predicted molar refractivity (Wildman–Crippen MR) is 83.6 cm³/mol. The van der Waals surface area contributed by atoms with Crippen LogP contribution in [0.15, 0.2) is 71.1 Å². The molecule has 2 aromatic heterocycles. The number of benzene rings is 1. The highest BCUT2D eigenvalue weighted by molar-refractivity contribution is 7.98. The highest BCUT2D eigenvalue weighted by atomic mass is 32.2. The van der Waals surface area contributed by atoms with Crippen molar-refractivity contribution >= 4 is 23.1 Å². The third-order valence-electron chi connectivity index (χ3n) is 2.77. The highest BCUT2D eigenvalue weighted by Crippen LogP contribution is 2.37. The van der Waals surface area contributed by atoms with E-state index in [4.69, 9.17) is 0 Å². The van der Waals surface area contributed by atoms with Gasteiger partial charge in [0.2, 0.25) is 0 Å². The van der Waals surface area contributed by atoms with Crippen molar-refractivity contribution in [2.24, 2.45) is 0 Å². The molecule has 0 amide bonds. The molecule has 3 aromatic rings. The van der Waals surface area contributed by atoms with Gasteiger partial charge in [0.05, 0.1) is 5.69 Å². The minimum Gasteiger partial charge on any atom is -0.260 e. The van der Waals surface area contributed by atoms with Gasteiger partial charge in [-0.3, -0.25) is 4.98 Å². The maximum absolute atomic E-state index is 4.36. The maximum atomic E-state index is 4.36. The van der Waals surface area contributed by atoms with E-state index >= 15 is 0 Å². The number of nitrogens with zero attached hydrogens (tertiary/aromatic N) is 1. The van der Waals surface area contributed by atoms with Crippen LogP contribution in [0.4, 0.5) is 0 Å². The summed E-state index contributed by atoms with van der Waals surface area (Å²) in [7, 11) is 0. The van der Waals surface area contributed by atoms with Crippen molar-refractivity contribution in [3.63, 3.8) is 0 Å². The molecule has 0 fully saturated rings. The quantitative estimate of drug-likeness (QED) is 0.618. The average Bonchev–Trinajstić information content (AvgIpc) is 2.95. The first-order valence-electron chi connectivity index (χ1n) is 6.09. The van der Waals surface area contributed by atoms with Gasteiger partial charge in [-0.05, 0) is 29.1 Å². The van der Waals surface area contributed by atoms with E-state index in [0.717, 1.165) is 11.4 Å². The van der Waals surface area contributed by atoms with Crippen LogP contribution in [-0.4, -0.2) is 4.98 Å². The Morgan fingerprint density at radius 3 is 2.58 bits per heavy atom. The van der Waals surface area contributed by atoms with E-state index < -0.39 is 0 Å². The molecule has 0 radical (unpaired) electrons. The van der Waals surface area contributed by atoms with Gasteiger partial charge in [-0.25, -0.2) is 0 Å². The Morgan fingerprint density at radius 2 is 1.79 bits per heavy atom. The zero-order valence-corrected chi connectivity index (χ0v) is 12.0.